The molecule has 4 rings (SSSR count). The maximum Gasteiger partial charge on any atom is 0.221 e. The fourth-order valence-electron chi connectivity index (χ4n) is 4.13. The zero-order valence-corrected chi connectivity index (χ0v) is 17.3. The summed E-state index contributed by atoms with van der Waals surface area (Å²) in [6.07, 6.45) is 0. The fraction of sp³-hybridized carbons (Fsp3) is 0.429. The molecule has 2 aliphatic heterocycles. The minimum atomic E-state index is -3.63. The second-order valence-corrected chi connectivity index (χ2v) is 9.70. The van der Waals surface area contributed by atoms with Crippen molar-refractivity contribution in [1.82, 2.24) is 14.3 Å². The highest BCUT2D eigenvalue weighted by molar-refractivity contribution is 7.89. The highest BCUT2D eigenvalue weighted by Crippen LogP contribution is 2.36. The van der Waals surface area contributed by atoms with Crippen molar-refractivity contribution >= 4 is 10.0 Å². The first-order valence-corrected chi connectivity index (χ1v) is 11.3. The zero-order valence-electron chi connectivity index (χ0n) is 16.4. The number of sulfonamides is 1. The molecule has 0 spiro atoms. The Hall–Kier alpha value is -1.84. The number of piperazine rings is 1. The summed E-state index contributed by atoms with van der Waals surface area (Å²) in [5.41, 5.74) is 1.57. The fourth-order valence-corrected chi connectivity index (χ4v) is 6.06. The molecule has 0 aliphatic carbocycles. The van der Waals surface area contributed by atoms with E-state index in [9.17, 15) is 12.8 Å². The highest BCUT2D eigenvalue weighted by atomic mass is 32.2. The molecule has 6 nitrogen and oxygen atoms in total. The predicted molar refractivity (Wildman–Crippen MR) is 109 cm³/mol. The second kappa shape index (κ2) is 8.49. The van der Waals surface area contributed by atoms with Crippen molar-refractivity contribution in [3.8, 4) is 0 Å². The van der Waals surface area contributed by atoms with Crippen LogP contribution in [0.25, 0.3) is 0 Å². The molecule has 0 unspecified atom stereocenters. The molecule has 8 heteroatoms. The minimum absolute atomic E-state index is 0.0298. The monoisotopic (exact) mass is 419 g/mol. The minimum Gasteiger partial charge on any atom is -0.297 e. The molecular formula is C21H26FN3O3S. The van der Waals surface area contributed by atoms with E-state index >= 15 is 0 Å². The first-order chi connectivity index (χ1) is 14.0. The van der Waals surface area contributed by atoms with Gasteiger partial charge < -0.3 is 0 Å². The van der Waals surface area contributed by atoms with Gasteiger partial charge in [0.05, 0.1) is 12.6 Å². The van der Waals surface area contributed by atoms with Crippen LogP contribution in [0.5, 0.6) is 0 Å². The molecule has 2 saturated heterocycles. The van der Waals surface area contributed by atoms with Gasteiger partial charge in [0.15, 0.2) is 0 Å². The first kappa shape index (κ1) is 20.4. The SMILES string of the molecule is CN1OC[C@H](S(=O)(=O)N2CCN(Cc3ccccc3)CC2)[C@H]1c1ccccc1F. The molecule has 0 N–H and O–H groups in total. The van der Waals surface area contributed by atoms with Gasteiger partial charge >= 0.3 is 0 Å². The average molecular weight is 420 g/mol. The smallest absolute Gasteiger partial charge is 0.221 e. The molecule has 2 aliphatic rings. The molecule has 0 aromatic heterocycles. The van der Waals surface area contributed by atoms with Crippen molar-refractivity contribution in [2.45, 2.75) is 17.8 Å². The lowest BCUT2D eigenvalue weighted by Crippen LogP contribution is -2.52. The number of hydrogen-bond acceptors (Lipinski definition) is 5. The molecule has 2 aromatic rings. The topological polar surface area (TPSA) is 53.1 Å². The van der Waals surface area contributed by atoms with Gasteiger partial charge in [0.2, 0.25) is 10.0 Å². The van der Waals surface area contributed by atoms with E-state index in [2.05, 4.69) is 17.0 Å². The predicted octanol–water partition coefficient (Wildman–Crippen LogP) is 2.26. The molecule has 2 atom stereocenters. The van der Waals surface area contributed by atoms with E-state index in [1.165, 1.54) is 21.0 Å². The van der Waals surface area contributed by atoms with Crippen molar-refractivity contribution in [1.29, 1.82) is 0 Å². The van der Waals surface area contributed by atoms with Crippen LogP contribution in [0.1, 0.15) is 17.2 Å². The van der Waals surface area contributed by atoms with Crippen LogP contribution in [0, 0.1) is 5.82 Å². The van der Waals surface area contributed by atoms with E-state index in [4.69, 9.17) is 4.84 Å². The molecule has 0 saturated carbocycles. The summed E-state index contributed by atoms with van der Waals surface area (Å²) >= 11 is 0. The Bertz CT molecular complexity index is 933. The molecule has 2 heterocycles. The number of hydrogen-bond donors (Lipinski definition) is 0. The lowest BCUT2D eigenvalue weighted by atomic mass is 10.0. The number of hydroxylamine groups is 2. The van der Waals surface area contributed by atoms with Crippen LogP contribution in [0.4, 0.5) is 4.39 Å². The number of nitrogens with zero attached hydrogens (tertiary/aromatic N) is 3. The summed E-state index contributed by atoms with van der Waals surface area (Å²) in [6, 6.07) is 15.8. The number of halogens is 1. The normalized spacial score (nSPS) is 24.8. The van der Waals surface area contributed by atoms with Crippen molar-refractivity contribution in [2.75, 3.05) is 39.8 Å². The molecule has 0 bridgehead atoms. The van der Waals surface area contributed by atoms with E-state index in [0.717, 1.165) is 6.54 Å². The van der Waals surface area contributed by atoms with Crippen LogP contribution in [0.15, 0.2) is 54.6 Å². The van der Waals surface area contributed by atoms with Gasteiger partial charge in [-0.1, -0.05) is 48.5 Å². The summed E-state index contributed by atoms with van der Waals surface area (Å²) in [6.45, 7) is 3.03. The zero-order chi connectivity index (χ0) is 20.4. The molecule has 29 heavy (non-hydrogen) atoms. The largest absolute Gasteiger partial charge is 0.297 e. The Morgan fingerprint density at radius 2 is 1.66 bits per heavy atom. The Kier molecular flexibility index (Phi) is 5.98. The van der Waals surface area contributed by atoms with Crippen molar-refractivity contribution in [2.24, 2.45) is 0 Å². The maximum atomic E-state index is 14.4. The van der Waals surface area contributed by atoms with Crippen molar-refractivity contribution in [3.63, 3.8) is 0 Å². The Morgan fingerprint density at radius 1 is 1.00 bits per heavy atom. The lowest BCUT2D eigenvalue weighted by Gasteiger charge is -2.36. The Morgan fingerprint density at radius 3 is 2.34 bits per heavy atom. The molecular weight excluding hydrogens is 393 g/mol. The van der Waals surface area contributed by atoms with Crippen LogP contribution in [0.3, 0.4) is 0 Å². The standard InChI is InChI=1S/C21H26FN3O3S/c1-23-21(18-9-5-6-10-19(18)22)20(16-28-23)29(26,27)25-13-11-24(12-14-25)15-17-7-3-2-4-8-17/h2-10,20-21H,11-16H2,1H3/t20-,21+/m0/s1. The third kappa shape index (κ3) is 4.22. The van der Waals surface area contributed by atoms with E-state index in [1.54, 1.807) is 25.2 Å². The van der Waals surface area contributed by atoms with Gasteiger partial charge in [-0.15, -0.1) is 0 Å². The average Bonchev–Trinajstić information content (AvgIpc) is 3.12. The van der Waals surface area contributed by atoms with Gasteiger partial charge in [0, 0.05) is 45.3 Å². The van der Waals surface area contributed by atoms with Gasteiger partial charge in [-0.3, -0.25) is 9.74 Å². The van der Waals surface area contributed by atoms with E-state index in [0.29, 0.717) is 31.7 Å². The van der Waals surface area contributed by atoms with Gasteiger partial charge in [0.25, 0.3) is 0 Å². The molecule has 0 radical (unpaired) electrons. The van der Waals surface area contributed by atoms with Gasteiger partial charge in [0.1, 0.15) is 11.1 Å². The quantitative estimate of drug-likeness (QED) is 0.744. The van der Waals surface area contributed by atoms with Gasteiger partial charge in [-0.25, -0.2) is 12.8 Å². The van der Waals surface area contributed by atoms with Crippen molar-refractivity contribution in [3.05, 3.63) is 71.5 Å². The summed E-state index contributed by atoms with van der Waals surface area (Å²) in [7, 11) is -1.97. The van der Waals surface area contributed by atoms with E-state index < -0.39 is 27.1 Å². The van der Waals surface area contributed by atoms with Crippen LogP contribution >= 0.6 is 0 Å². The molecule has 156 valence electrons. The maximum absolute atomic E-state index is 14.4. The van der Waals surface area contributed by atoms with Gasteiger partial charge in [-0.05, 0) is 11.6 Å². The van der Waals surface area contributed by atoms with E-state index in [-0.39, 0.29) is 6.61 Å². The summed E-state index contributed by atoms with van der Waals surface area (Å²) in [5.74, 6) is -0.414. The van der Waals surface area contributed by atoms with Gasteiger partial charge in [-0.2, -0.15) is 9.37 Å². The summed E-state index contributed by atoms with van der Waals surface area (Å²) in [5, 5.41) is 0.636. The first-order valence-electron chi connectivity index (χ1n) is 9.82. The lowest BCUT2D eigenvalue weighted by molar-refractivity contribution is -0.111. The molecule has 0 amide bonds. The third-order valence-corrected chi connectivity index (χ3v) is 7.98. The van der Waals surface area contributed by atoms with Crippen molar-refractivity contribution < 1.29 is 17.6 Å². The Balaban J connectivity index is 1.46. The number of benzene rings is 2. The Labute approximate surface area is 171 Å². The summed E-state index contributed by atoms with van der Waals surface area (Å²) in [4.78, 5) is 7.77. The van der Waals surface area contributed by atoms with Crippen LogP contribution < -0.4 is 0 Å². The molecule has 2 fully saturated rings. The second-order valence-electron chi connectivity index (χ2n) is 7.55. The summed E-state index contributed by atoms with van der Waals surface area (Å²) < 4.78 is 42.7. The van der Waals surface area contributed by atoms with Crippen LogP contribution in [-0.4, -0.2) is 67.8 Å². The van der Waals surface area contributed by atoms with Crippen LogP contribution in [0.2, 0.25) is 0 Å². The molecule has 2 aromatic carbocycles. The number of rotatable bonds is 5. The highest BCUT2D eigenvalue weighted by Gasteiger charge is 2.47. The van der Waals surface area contributed by atoms with Crippen LogP contribution in [-0.2, 0) is 21.4 Å². The third-order valence-electron chi connectivity index (χ3n) is 5.73. The van der Waals surface area contributed by atoms with E-state index in [1.807, 2.05) is 18.2 Å².